The number of rotatable bonds is 41. The first-order valence-electron chi connectivity index (χ1n) is 22.2. The molecule has 0 rings (SSSR count). The fourth-order valence-electron chi connectivity index (χ4n) is 5.91. The maximum absolute atomic E-state index is 12.3. The number of aliphatic carboxylic acids is 1. The topological polar surface area (TPSA) is 169 Å². The number of allylic oxidation sites excluding steroid dienone is 8. The molecular formula is C45H80NO10P. The van der Waals surface area contributed by atoms with Gasteiger partial charge in [0.2, 0.25) is 5.91 Å². The van der Waals surface area contributed by atoms with Gasteiger partial charge in [0.15, 0.2) is 6.04 Å². The Kier molecular flexibility index (Phi) is 38.4. The van der Waals surface area contributed by atoms with E-state index in [1.807, 2.05) is 0 Å². The minimum atomic E-state index is -4.76. The molecule has 0 saturated carbocycles. The highest BCUT2D eigenvalue weighted by Gasteiger charge is 2.28. The van der Waals surface area contributed by atoms with Crippen molar-refractivity contribution in [1.29, 1.82) is 0 Å². The van der Waals surface area contributed by atoms with Crippen LogP contribution in [0, 0.1) is 0 Å². The lowest BCUT2D eigenvalue weighted by atomic mass is 10.1. The zero-order valence-corrected chi connectivity index (χ0v) is 36.5. The number of phosphoric ester groups is 1. The Hall–Kier alpha value is -2.56. The molecule has 0 saturated heterocycles. The van der Waals surface area contributed by atoms with Gasteiger partial charge in [-0.15, -0.1) is 0 Å². The lowest BCUT2D eigenvalue weighted by molar-refractivity contribution is -0.147. The van der Waals surface area contributed by atoms with Crippen molar-refractivity contribution >= 4 is 25.7 Å². The van der Waals surface area contributed by atoms with Crippen LogP contribution in [0.2, 0.25) is 0 Å². The first-order valence-corrected chi connectivity index (χ1v) is 23.7. The number of hydrogen-bond donors (Lipinski definition) is 4. The van der Waals surface area contributed by atoms with Gasteiger partial charge in [-0.2, -0.15) is 0 Å². The predicted octanol–water partition coefficient (Wildman–Crippen LogP) is 11.4. The average molecular weight is 826 g/mol. The molecular weight excluding hydrogens is 745 g/mol. The number of aliphatic hydroxyl groups excluding tert-OH is 1. The van der Waals surface area contributed by atoms with Crippen molar-refractivity contribution in [2.24, 2.45) is 0 Å². The number of phosphoric acid groups is 1. The number of hydrogen-bond acceptors (Lipinski definition) is 8. The van der Waals surface area contributed by atoms with E-state index >= 15 is 0 Å². The minimum absolute atomic E-state index is 0.134. The van der Waals surface area contributed by atoms with Crippen molar-refractivity contribution in [3.8, 4) is 0 Å². The summed E-state index contributed by atoms with van der Waals surface area (Å²) in [6.45, 7) is 2.46. The van der Waals surface area contributed by atoms with Crippen LogP contribution in [-0.2, 0) is 32.7 Å². The lowest BCUT2D eigenvalue weighted by Gasteiger charge is -2.18. The van der Waals surface area contributed by atoms with Crippen LogP contribution in [0.25, 0.3) is 0 Å². The number of amides is 1. The number of carbonyl (C=O) groups excluding carboxylic acids is 2. The van der Waals surface area contributed by atoms with E-state index in [0.717, 1.165) is 89.9 Å². The maximum Gasteiger partial charge on any atom is 0.472 e. The van der Waals surface area contributed by atoms with Crippen LogP contribution in [0.5, 0.6) is 0 Å². The first kappa shape index (κ1) is 54.4. The molecule has 57 heavy (non-hydrogen) atoms. The van der Waals surface area contributed by atoms with Crippen LogP contribution in [0.4, 0.5) is 0 Å². The summed E-state index contributed by atoms with van der Waals surface area (Å²) in [4.78, 5) is 45.9. The van der Waals surface area contributed by atoms with E-state index in [1.165, 1.54) is 57.8 Å². The van der Waals surface area contributed by atoms with E-state index in [-0.39, 0.29) is 12.8 Å². The van der Waals surface area contributed by atoms with Crippen molar-refractivity contribution in [3.63, 3.8) is 0 Å². The van der Waals surface area contributed by atoms with Gasteiger partial charge in [0, 0.05) is 12.8 Å². The van der Waals surface area contributed by atoms with Crippen molar-refractivity contribution in [2.45, 2.75) is 199 Å². The van der Waals surface area contributed by atoms with Crippen LogP contribution < -0.4 is 5.32 Å². The monoisotopic (exact) mass is 826 g/mol. The molecule has 0 aromatic rings. The molecule has 0 aromatic carbocycles. The van der Waals surface area contributed by atoms with Gasteiger partial charge in [0.25, 0.3) is 0 Å². The third-order valence-electron chi connectivity index (χ3n) is 9.35. The number of carboxylic acids is 1. The molecule has 3 unspecified atom stereocenters. The maximum atomic E-state index is 12.3. The number of nitrogens with one attached hydrogen (secondary N) is 1. The Labute approximate surface area is 345 Å². The Morgan fingerprint density at radius 3 is 1.54 bits per heavy atom. The number of aliphatic hydroxyl groups is 1. The van der Waals surface area contributed by atoms with Crippen molar-refractivity contribution in [2.75, 3.05) is 19.8 Å². The zero-order valence-electron chi connectivity index (χ0n) is 35.6. The molecule has 12 heteroatoms. The molecule has 0 spiro atoms. The van der Waals surface area contributed by atoms with E-state index in [1.54, 1.807) is 0 Å². The molecule has 4 N–H and O–H groups in total. The highest BCUT2D eigenvalue weighted by Crippen LogP contribution is 2.43. The van der Waals surface area contributed by atoms with E-state index in [9.17, 15) is 34.1 Å². The number of carboxylic acid groups (broad SMARTS) is 1. The summed E-state index contributed by atoms with van der Waals surface area (Å²) in [7, 11) is -4.76. The minimum Gasteiger partial charge on any atom is -0.480 e. The molecule has 11 nitrogen and oxygen atoms in total. The van der Waals surface area contributed by atoms with Gasteiger partial charge in [-0.1, -0.05) is 152 Å². The molecule has 0 aliphatic heterocycles. The normalized spacial score (nSPS) is 14.2. The zero-order chi connectivity index (χ0) is 42.1. The number of unbranched alkanes of at least 4 members (excludes halogenated alkanes) is 19. The second-order valence-corrected chi connectivity index (χ2v) is 16.3. The molecule has 0 aromatic heterocycles. The fraction of sp³-hybridized carbons (Fsp3) is 0.756. The van der Waals surface area contributed by atoms with Crippen LogP contribution in [0.3, 0.4) is 0 Å². The summed E-state index contributed by atoms with van der Waals surface area (Å²) in [6.07, 6.45) is 44.1. The molecule has 0 aliphatic rings. The van der Waals surface area contributed by atoms with Gasteiger partial charge in [-0.3, -0.25) is 18.6 Å². The summed E-state index contributed by atoms with van der Waals surface area (Å²) >= 11 is 0. The van der Waals surface area contributed by atoms with Gasteiger partial charge in [0.05, 0.1) is 13.2 Å². The van der Waals surface area contributed by atoms with Crippen LogP contribution in [0.15, 0.2) is 48.6 Å². The third-order valence-corrected chi connectivity index (χ3v) is 10.3. The van der Waals surface area contributed by atoms with E-state index < -0.39 is 57.6 Å². The average Bonchev–Trinajstić information content (AvgIpc) is 3.18. The van der Waals surface area contributed by atoms with Gasteiger partial charge < -0.3 is 25.2 Å². The first-order chi connectivity index (χ1) is 27.6. The predicted molar refractivity (Wildman–Crippen MR) is 231 cm³/mol. The van der Waals surface area contributed by atoms with Crippen molar-refractivity contribution in [1.82, 2.24) is 5.32 Å². The van der Waals surface area contributed by atoms with Gasteiger partial charge in [-0.05, 0) is 70.6 Å². The van der Waals surface area contributed by atoms with Gasteiger partial charge in [-0.25, -0.2) is 9.36 Å². The second kappa shape index (κ2) is 40.2. The largest absolute Gasteiger partial charge is 0.480 e. The molecule has 330 valence electrons. The van der Waals surface area contributed by atoms with Crippen LogP contribution >= 0.6 is 7.82 Å². The summed E-state index contributed by atoms with van der Waals surface area (Å²) in [6, 6.07) is -1.55. The van der Waals surface area contributed by atoms with Gasteiger partial charge >= 0.3 is 19.8 Å². The fourth-order valence-corrected chi connectivity index (χ4v) is 6.68. The number of carbonyl (C=O) groups is 3. The molecule has 0 radical (unpaired) electrons. The quantitative estimate of drug-likeness (QED) is 0.0201. The second-order valence-electron chi connectivity index (χ2n) is 14.9. The number of ether oxygens (including phenoxy) is 1. The standard InChI is InChI=1S/C45H80NO10P/c1-3-5-7-9-11-13-15-17-19-21-23-25-27-29-31-33-35-37-44(49)54-38-41(47)39-55-57(52,53)56-40-42(45(50)51)46-43(48)36-34-32-30-28-26-24-22-20-18-16-14-12-10-8-6-4-2/h5,7,11,13,17,19-20,22,41-42,47H,3-4,6,8-10,12,14-16,18,21,23-40H2,1-2H3,(H,46,48)(H,50,51)(H,52,53)/b7-5-,13-11-,19-17-,22-20-. The number of esters is 1. The molecule has 3 atom stereocenters. The van der Waals surface area contributed by atoms with Crippen LogP contribution in [0.1, 0.15) is 187 Å². The van der Waals surface area contributed by atoms with E-state index in [0.29, 0.717) is 12.8 Å². The van der Waals surface area contributed by atoms with Crippen molar-refractivity contribution in [3.05, 3.63) is 48.6 Å². The highest BCUT2D eigenvalue weighted by molar-refractivity contribution is 7.47. The Morgan fingerprint density at radius 2 is 1.02 bits per heavy atom. The summed E-state index contributed by atoms with van der Waals surface area (Å²) in [5.41, 5.74) is 0. The molecule has 0 aliphatic carbocycles. The Balaban J connectivity index is 3.92. The molecule has 0 heterocycles. The lowest BCUT2D eigenvalue weighted by Crippen LogP contribution is -2.43. The SMILES string of the molecule is CC/C=C\C/C=C\C/C=C\CCCCCCCCCC(=O)OCC(O)COP(=O)(O)OCC(NC(=O)CCCCCCC/C=C\CCCCCCCCC)C(=O)O. The van der Waals surface area contributed by atoms with Crippen LogP contribution in [-0.4, -0.2) is 64.9 Å². The summed E-state index contributed by atoms with van der Waals surface area (Å²) < 4.78 is 26.8. The molecule has 1 amide bonds. The third kappa shape index (κ3) is 40.0. The summed E-state index contributed by atoms with van der Waals surface area (Å²) in [5, 5.41) is 21.8. The van der Waals surface area contributed by atoms with E-state index in [2.05, 4.69) is 67.8 Å². The smallest absolute Gasteiger partial charge is 0.472 e. The van der Waals surface area contributed by atoms with Gasteiger partial charge in [0.1, 0.15) is 12.7 Å². The summed E-state index contributed by atoms with van der Waals surface area (Å²) in [5.74, 6) is -2.40. The molecule has 0 bridgehead atoms. The Morgan fingerprint density at radius 1 is 0.579 bits per heavy atom. The Bertz CT molecular complexity index is 1150. The van der Waals surface area contributed by atoms with E-state index in [4.69, 9.17) is 13.8 Å². The van der Waals surface area contributed by atoms with Crippen molar-refractivity contribution < 1.29 is 47.8 Å². The highest BCUT2D eigenvalue weighted by atomic mass is 31.2. The molecule has 0 fully saturated rings.